The van der Waals surface area contributed by atoms with Crippen molar-refractivity contribution in [2.45, 2.75) is 103 Å². The number of nitrogens with two attached hydrogens (primary N) is 2. The lowest BCUT2D eigenvalue weighted by Gasteiger charge is -2.20. The van der Waals surface area contributed by atoms with Gasteiger partial charge in [0, 0.05) is 18.5 Å². The van der Waals surface area contributed by atoms with E-state index in [0.717, 1.165) is 0 Å². The molecule has 0 aromatic carbocycles. The Kier molecular flexibility index (Phi) is 9.50. The molecule has 1 unspecified atom stereocenters. The zero-order chi connectivity index (χ0) is 24.7. The molecule has 0 aromatic heterocycles. The van der Waals surface area contributed by atoms with Gasteiger partial charge in [0.2, 0.25) is 11.8 Å². The smallest absolute Gasteiger partial charge is 0.407 e. The molecule has 0 aliphatic heterocycles. The predicted molar refractivity (Wildman–Crippen MR) is 119 cm³/mol. The molecule has 1 aliphatic carbocycles. The van der Waals surface area contributed by atoms with Crippen LogP contribution in [0.2, 0.25) is 0 Å². The number of primary amides is 1. The third-order valence-corrected chi connectivity index (χ3v) is 4.87. The summed E-state index contributed by atoms with van der Waals surface area (Å²) in [5, 5.41) is 5.27. The Morgan fingerprint density at radius 2 is 1.62 bits per heavy atom. The molecule has 32 heavy (non-hydrogen) atoms. The standard InChI is InChI=1S/C22H40N4O6/c1-20(2,3)31-17(28)11-14-12-22(14,24)13-16(27)26-15(18(23)29)9-7-8-10-25-19(30)32-21(4,5)6/h14-15H,7-13,24H2,1-6H3,(H2,23,29)(H,25,30)(H,26,27)/t14-,15-,22?/m1/s1. The van der Waals surface area contributed by atoms with Crippen molar-refractivity contribution in [1.29, 1.82) is 0 Å². The van der Waals surface area contributed by atoms with Gasteiger partial charge in [0.25, 0.3) is 0 Å². The number of unbranched alkanes of at least 4 members (excludes halogenated alkanes) is 1. The van der Waals surface area contributed by atoms with Crippen LogP contribution in [0.4, 0.5) is 4.79 Å². The summed E-state index contributed by atoms with van der Waals surface area (Å²) in [6, 6.07) is -0.823. The van der Waals surface area contributed by atoms with Gasteiger partial charge < -0.3 is 31.6 Å². The van der Waals surface area contributed by atoms with Crippen LogP contribution in [-0.4, -0.2) is 53.2 Å². The first-order chi connectivity index (χ1) is 14.5. The van der Waals surface area contributed by atoms with E-state index in [0.29, 0.717) is 32.2 Å². The summed E-state index contributed by atoms with van der Waals surface area (Å²) in [6.45, 7) is 11.1. The van der Waals surface area contributed by atoms with E-state index in [1.807, 2.05) is 0 Å². The van der Waals surface area contributed by atoms with Crippen molar-refractivity contribution < 1.29 is 28.7 Å². The summed E-state index contributed by atoms with van der Waals surface area (Å²) in [6.07, 6.45) is 1.70. The largest absolute Gasteiger partial charge is 0.460 e. The van der Waals surface area contributed by atoms with Crippen molar-refractivity contribution in [3.63, 3.8) is 0 Å². The fourth-order valence-corrected chi connectivity index (χ4v) is 3.28. The molecule has 6 N–H and O–H groups in total. The SMILES string of the molecule is CC(C)(C)OC(=O)C[C@@H]1CC1(N)CC(=O)N[C@H](CCCCNC(=O)OC(C)(C)C)C(N)=O. The summed E-state index contributed by atoms with van der Waals surface area (Å²) in [4.78, 5) is 47.7. The quantitative estimate of drug-likeness (QED) is 0.270. The van der Waals surface area contributed by atoms with Crippen LogP contribution in [0.3, 0.4) is 0 Å². The lowest BCUT2D eigenvalue weighted by atomic mass is 10.1. The Morgan fingerprint density at radius 1 is 1.03 bits per heavy atom. The van der Waals surface area contributed by atoms with Gasteiger partial charge in [-0.2, -0.15) is 0 Å². The van der Waals surface area contributed by atoms with Crippen LogP contribution >= 0.6 is 0 Å². The number of esters is 1. The van der Waals surface area contributed by atoms with E-state index in [-0.39, 0.29) is 30.6 Å². The molecule has 0 heterocycles. The highest BCUT2D eigenvalue weighted by atomic mass is 16.6. The summed E-state index contributed by atoms with van der Waals surface area (Å²) < 4.78 is 10.4. The van der Waals surface area contributed by atoms with Gasteiger partial charge in [-0.25, -0.2) is 4.79 Å². The van der Waals surface area contributed by atoms with Crippen molar-refractivity contribution in [3.8, 4) is 0 Å². The first-order valence-electron chi connectivity index (χ1n) is 11.1. The minimum absolute atomic E-state index is 0.00441. The predicted octanol–water partition coefficient (Wildman–Crippen LogP) is 1.49. The van der Waals surface area contributed by atoms with Crippen LogP contribution in [0.1, 0.15) is 80.1 Å². The van der Waals surface area contributed by atoms with E-state index in [4.69, 9.17) is 20.9 Å². The van der Waals surface area contributed by atoms with E-state index in [1.165, 1.54) is 0 Å². The Bertz CT molecular complexity index is 698. The average Bonchev–Trinajstić information content (AvgIpc) is 3.17. The van der Waals surface area contributed by atoms with E-state index in [1.54, 1.807) is 41.5 Å². The van der Waals surface area contributed by atoms with Crippen molar-refractivity contribution >= 4 is 23.9 Å². The Hall–Kier alpha value is -2.36. The molecule has 1 fully saturated rings. The van der Waals surface area contributed by atoms with Gasteiger partial charge in [0.05, 0.1) is 6.42 Å². The lowest BCUT2D eigenvalue weighted by molar-refractivity contribution is -0.155. The van der Waals surface area contributed by atoms with Gasteiger partial charge in [-0.3, -0.25) is 14.4 Å². The zero-order valence-corrected chi connectivity index (χ0v) is 20.2. The highest BCUT2D eigenvalue weighted by molar-refractivity contribution is 5.87. The third-order valence-electron chi connectivity index (χ3n) is 4.87. The van der Waals surface area contributed by atoms with E-state index >= 15 is 0 Å². The van der Waals surface area contributed by atoms with E-state index < -0.39 is 34.8 Å². The maximum absolute atomic E-state index is 12.4. The molecule has 1 rings (SSSR count). The number of amides is 3. The Morgan fingerprint density at radius 3 is 2.16 bits per heavy atom. The van der Waals surface area contributed by atoms with Crippen molar-refractivity contribution in [1.82, 2.24) is 10.6 Å². The number of rotatable bonds is 11. The number of alkyl carbamates (subject to hydrolysis) is 1. The van der Waals surface area contributed by atoms with Crippen LogP contribution in [0, 0.1) is 5.92 Å². The molecule has 184 valence electrons. The van der Waals surface area contributed by atoms with Crippen molar-refractivity contribution in [3.05, 3.63) is 0 Å². The van der Waals surface area contributed by atoms with Gasteiger partial charge in [-0.05, 0) is 73.1 Å². The molecule has 10 heteroatoms. The molecule has 0 spiro atoms. The van der Waals surface area contributed by atoms with Crippen LogP contribution in [0.25, 0.3) is 0 Å². The van der Waals surface area contributed by atoms with Gasteiger partial charge in [-0.1, -0.05) is 0 Å². The normalized spacial score (nSPS) is 21.3. The summed E-state index contributed by atoms with van der Waals surface area (Å²) in [5.74, 6) is -1.49. The van der Waals surface area contributed by atoms with Crippen LogP contribution in [-0.2, 0) is 23.9 Å². The lowest BCUT2D eigenvalue weighted by Crippen LogP contribution is -2.46. The second kappa shape index (κ2) is 11.0. The number of nitrogens with one attached hydrogen (secondary N) is 2. The highest BCUT2D eigenvalue weighted by Gasteiger charge is 2.53. The Balaban J connectivity index is 2.35. The monoisotopic (exact) mass is 456 g/mol. The fourth-order valence-electron chi connectivity index (χ4n) is 3.28. The topological polar surface area (TPSA) is 163 Å². The molecule has 0 radical (unpaired) electrons. The minimum Gasteiger partial charge on any atom is -0.460 e. The molecule has 1 saturated carbocycles. The van der Waals surface area contributed by atoms with Crippen LogP contribution < -0.4 is 22.1 Å². The number of hydrogen-bond acceptors (Lipinski definition) is 7. The zero-order valence-electron chi connectivity index (χ0n) is 20.2. The maximum Gasteiger partial charge on any atom is 0.407 e. The molecular weight excluding hydrogens is 416 g/mol. The van der Waals surface area contributed by atoms with E-state index in [2.05, 4.69) is 10.6 Å². The first-order valence-corrected chi connectivity index (χ1v) is 11.1. The van der Waals surface area contributed by atoms with Crippen LogP contribution in [0.5, 0.6) is 0 Å². The number of hydrogen-bond donors (Lipinski definition) is 4. The first kappa shape index (κ1) is 27.7. The molecule has 0 aromatic rings. The minimum atomic E-state index is -0.823. The summed E-state index contributed by atoms with van der Waals surface area (Å²) in [7, 11) is 0. The third kappa shape index (κ3) is 11.3. The molecule has 3 amide bonds. The second-order valence-electron chi connectivity index (χ2n) is 10.5. The van der Waals surface area contributed by atoms with E-state index in [9.17, 15) is 19.2 Å². The van der Waals surface area contributed by atoms with Gasteiger partial charge >= 0.3 is 12.1 Å². The molecular formula is C22H40N4O6. The van der Waals surface area contributed by atoms with Gasteiger partial charge in [0.15, 0.2) is 0 Å². The fraction of sp³-hybridized carbons (Fsp3) is 0.818. The van der Waals surface area contributed by atoms with Crippen LogP contribution in [0.15, 0.2) is 0 Å². The van der Waals surface area contributed by atoms with Gasteiger partial charge in [-0.15, -0.1) is 0 Å². The highest BCUT2D eigenvalue weighted by Crippen LogP contribution is 2.46. The Labute approximate surface area is 190 Å². The molecule has 10 nitrogen and oxygen atoms in total. The number of carbonyl (C=O) groups excluding carboxylic acids is 4. The van der Waals surface area contributed by atoms with Crippen molar-refractivity contribution in [2.75, 3.05) is 6.54 Å². The maximum atomic E-state index is 12.4. The molecule has 0 saturated heterocycles. The average molecular weight is 457 g/mol. The summed E-state index contributed by atoms with van der Waals surface area (Å²) in [5.41, 5.74) is 9.72. The molecule has 3 atom stereocenters. The second-order valence-corrected chi connectivity index (χ2v) is 10.5. The van der Waals surface area contributed by atoms with Gasteiger partial charge in [0.1, 0.15) is 17.2 Å². The van der Waals surface area contributed by atoms with Crippen molar-refractivity contribution in [2.24, 2.45) is 17.4 Å². The number of ether oxygens (including phenoxy) is 2. The molecule has 1 aliphatic rings. The summed E-state index contributed by atoms with van der Waals surface area (Å²) >= 11 is 0. The molecule has 0 bridgehead atoms. The number of carbonyl (C=O) groups is 4.